The summed E-state index contributed by atoms with van der Waals surface area (Å²) in [5, 5.41) is 3.63. The van der Waals surface area contributed by atoms with Crippen molar-refractivity contribution in [1.82, 2.24) is 15.0 Å². The lowest BCUT2D eigenvalue weighted by atomic mass is 10.0. The van der Waals surface area contributed by atoms with E-state index in [1.165, 1.54) is 6.39 Å². The Balaban J connectivity index is 1.74. The maximum Gasteiger partial charge on any atom is 0.261 e. The number of hydrogen-bond acceptors (Lipinski definition) is 5. The minimum absolute atomic E-state index is 0.0311. The molecular formula is C14H9N3O3. The van der Waals surface area contributed by atoms with Gasteiger partial charge in [0, 0.05) is 0 Å². The normalized spacial score (nSPS) is 15.9. The largest absolute Gasteiger partial charge is 0.343 e. The molecule has 6 nitrogen and oxygen atoms in total. The molecule has 0 saturated heterocycles. The molecule has 0 saturated carbocycles. The molecule has 4 rings (SSSR count). The second-order valence-corrected chi connectivity index (χ2v) is 4.75. The summed E-state index contributed by atoms with van der Waals surface area (Å²) in [4.78, 5) is 29.6. The van der Waals surface area contributed by atoms with Crippen LogP contribution in [0.25, 0.3) is 6.08 Å². The van der Waals surface area contributed by atoms with Crippen molar-refractivity contribution >= 4 is 17.9 Å². The summed E-state index contributed by atoms with van der Waals surface area (Å²) in [7, 11) is 0. The van der Waals surface area contributed by atoms with E-state index in [4.69, 9.17) is 0 Å². The van der Waals surface area contributed by atoms with Crippen LogP contribution in [0.1, 0.15) is 37.7 Å². The quantitative estimate of drug-likeness (QED) is 0.769. The molecule has 2 heterocycles. The minimum atomic E-state index is -0.307. The average Bonchev–Trinajstić information content (AvgIpc) is 3.15. The van der Waals surface area contributed by atoms with Gasteiger partial charge in [0.15, 0.2) is 5.82 Å². The Morgan fingerprint density at radius 2 is 2.00 bits per heavy atom. The van der Waals surface area contributed by atoms with Gasteiger partial charge in [0.05, 0.1) is 17.7 Å². The van der Waals surface area contributed by atoms with Crippen molar-refractivity contribution < 1.29 is 14.1 Å². The van der Waals surface area contributed by atoms with E-state index in [1.54, 1.807) is 12.1 Å². The summed E-state index contributed by atoms with van der Waals surface area (Å²) < 4.78 is 4.62. The number of rotatable bonds is 2. The van der Waals surface area contributed by atoms with Crippen molar-refractivity contribution in [3.63, 3.8) is 0 Å². The molecule has 2 aromatic rings. The van der Waals surface area contributed by atoms with Gasteiger partial charge >= 0.3 is 0 Å². The standard InChI is InChI=1S/C14H9N3O3/c18-13-10-4-8-2-1-3-9(8)5-11(10)14(19)17(13)6-12-15-7-20-16-12/h1-2,4-5,7H,3,6H2. The van der Waals surface area contributed by atoms with Crippen LogP contribution < -0.4 is 0 Å². The molecule has 0 atom stereocenters. The first-order valence-electron chi connectivity index (χ1n) is 6.19. The predicted molar refractivity (Wildman–Crippen MR) is 67.7 cm³/mol. The number of amides is 2. The zero-order chi connectivity index (χ0) is 13.7. The molecule has 0 fully saturated rings. The second-order valence-electron chi connectivity index (χ2n) is 4.75. The van der Waals surface area contributed by atoms with E-state index in [2.05, 4.69) is 14.7 Å². The molecule has 6 heteroatoms. The highest BCUT2D eigenvalue weighted by atomic mass is 16.5. The maximum atomic E-state index is 12.3. The summed E-state index contributed by atoms with van der Waals surface area (Å²) >= 11 is 0. The maximum absolute atomic E-state index is 12.3. The molecule has 1 aromatic carbocycles. The number of aromatic nitrogens is 2. The Morgan fingerprint density at radius 1 is 1.20 bits per heavy atom. The van der Waals surface area contributed by atoms with E-state index in [9.17, 15) is 9.59 Å². The van der Waals surface area contributed by atoms with Crippen LogP contribution in [0.2, 0.25) is 0 Å². The number of benzene rings is 1. The zero-order valence-electron chi connectivity index (χ0n) is 10.4. The molecule has 1 aliphatic carbocycles. The lowest BCUT2D eigenvalue weighted by Gasteiger charge is -2.10. The predicted octanol–water partition coefficient (Wildman–Crippen LogP) is 1.44. The van der Waals surface area contributed by atoms with Crippen LogP contribution in [-0.4, -0.2) is 26.9 Å². The highest BCUT2D eigenvalue weighted by Crippen LogP contribution is 2.30. The second kappa shape index (κ2) is 3.86. The molecule has 20 heavy (non-hydrogen) atoms. The summed E-state index contributed by atoms with van der Waals surface area (Å²) in [6.07, 6.45) is 5.96. The number of nitrogens with zero attached hydrogens (tertiary/aromatic N) is 3. The molecule has 2 amide bonds. The Morgan fingerprint density at radius 3 is 2.75 bits per heavy atom. The van der Waals surface area contributed by atoms with Crippen molar-refractivity contribution in [2.24, 2.45) is 0 Å². The number of allylic oxidation sites excluding steroid dienone is 1. The first-order chi connectivity index (χ1) is 9.74. The van der Waals surface area contributed by atoms with Crippen LogP contribution >= 0.6 is 0 Å². The van der Waals surface area contributed by atoms with Gasteiger partial charge in [0.2, 0.25) is 6.39 Å². The summed E-state index contributed by atoms with van der Waals surface area (Å²) in [6.45, 7) is 0.0311. The number of hydrogen-bond donors (Lipinski definition) is 0. The summed E-state index contributed by atoms with van der Waals surface area (Å²) in [5.74, 6) is -0.297. The highest BCUT2D eigenvalue weighted by molar-refractivity contribution is 6.21. The van der Waals surface area contributed by atoms with E-state index in [0.29, 0.717) is 17.0 Å². The molecule has 1 aromatic heterocycles. The third kappa shape index (κ3) is 1.45. The number of fused-ring (bicyclic) bond motifs is 2. The van der Waals surface area contributed by atoms with Crippen LogP contribution in [0.4, 0.5) is 0 Å². The summed E-state index contributed by atoms with van der Waals surface area (Å²) in [6, 6.07) is 3.59. The average molecular weight is 267 g/mol. The first-order valence-corrected chi connectivity index (χ1v) is 6.19. The Bertz CT molecular complexity index is 762. The van der Waals surface area contributed by atoms with Crippen molar-refractivity contribution in [2.45, 2.75) is 13.0 Å². The molecule has 0 unspecified atom stereocenters. The Hall–Kier alpha value is -2.76. The van der Waals surface area contributed by atoms with E-state index >= 15 is 0 Å². The smallest absolute Gasteiger partial charge is 0.261 e. The zero-order valence-corrected chi connectivity index (χ0v) is 10.4. The van der Waals surface area contributed by atoms with Gasteiger partial charge < -0.3 is 4.52 Å². The molecular weight excluding hydrogens is 258 g/mol. The van der Waals surface area contributed by atoms with Crippen LogP contribution in [0, 0.1) is 0 Å². The topological polar surface area (TPSA) is 76.3 Å². The lowest BCUT2D eigenvalue weighted by molar-refractivity contribution is 0.0637. The van der Waals surface area contributed by atoms with Gasteiger partial charge in [-0.05, 0) is 29.7 Å². The Kier molecular flexibility index (Phi) is 2.14. The van der Waals surface area contributed by atoms with Gasteiger partial charge in [0.1, 0.15) is 0 Å². The third-order valence-electron chi connectivity index (χ3n) is 3.57. The fourth-order valence-corrected chi connectivity index (χ4v) is 2.59. The first kappa shape index (κ1) is 11.1. The van der Waals surface area contributed by atoms with E-state index < -0.39 is 0 Å². The third-order valence-corrected chi connectivity index (χ3v) is 3.57. The molecule has 0 radical (unpaired) electrons. The van der Waals surface area contributed by atoms with Crippen molar-refractivity contribution in [3.8, 4) is 0 Å². The van der Waals surface area contributed by atoms with E-state index in [0.717, 1.165) is 22.4 Å². The van der Waals surface area contributed by atoms with Crippen LogP contribution in [0.3, 0.4) is 0 Å². The van der Waals surface area contributed by atoms with Gasteiger partial charge in [-0.1, -0.05) is 17.3 Å². The van der Waals surface area contributed by atoms with Gasteiger partial charge in [-0.15, -0.1) is 0 Å². The molecule has 0 N–H and O–H groups in total. The molecule has 98 valence electrons. The SMILES string of the molecule is O=C1c2cc3c(cc2C(=O)N1Cc1ncon1)CC=C3. The van der Waals surface area contributed by atoms with E-state index in [-0.39, 0.29) is 18.4 Å². The lowest BCUT2D eigenvalue weighted by Crippen LogP contribution is -2.29. The van der Waals surface area contributed by atoms with Crippen LogP contribution in [0.5, 0.6) is 0 Å². The van der Waals surface area contributed by atoms with Crippen LogP contribution in [0.15, 0.2) is 29.1 Å². The van der Waals surface area contributed by atoms with Gasteiger partial charge in [-0.2, -0.15) is 4.98 Å². The minimum Gasteiger partial charge on any atom is -0.343 e. The fraction of sp³-hybridized carbons (Fsp3) is 0.143. The Labute approximate surface area is 113 Å². The van der Waals surface area contributed by atoms with Crippen molar-refractivity contribution in [2.75, 3.05) is 0 Å². The van der Waals surface area contributed by atoms with Gasteiger partial charge in [-0.3, -0.25) is 14.5 Å². The van der Waals surface area contributed by atoms with Crippen molar-refractivity contribution in [1.29, 1.82) is 0 Å². The number of carbonyl (C=O) groups is 2. The van der Waals surface area contributed by atoms with Crippen LogP contribution in [-0.2, 0) is 13.0 Å². The fourth-order valence-electron chi connectivity index (χ4n) is 2.59. The molecule has 0 bridgehead atoms. The number of carbonyl (C=O) groups excluding carboxylic acids is 2. The van der Waals surface area contributed by atoms with Gasteiger partial charge in [0.25, 0.3) is 11.8 Å². The van der Waals surface area contributed by atoms with Crippen molar-refractivity contribution in [3.05, 3.63) is 52.7 Å². The summed E-state index contributed by atoms with van der Waals surface area (Å²) in [5.41, 5.74) is 2.99. The monoisotopic (exact) mass is 267 g/mol. The highest BCUT2D eigenvalue weighted by Gasteiger charge is 2.37. The molecule has 2 aliphatic rings. The molecule has 1 aliphatic heterocycles. The van der Waals surface area contributed by atoms with Gasteiger partial charge in [-0.25, -0.2) is 0 Å². The number of imide groups is 1. The van der Waals surface area contributed by atoms with E-state index in [1.807, 2.05) is 12.2 Å². The molecule has 0 spiro atoms.